The average Bonchev–Trinajstić information content (AvgIpc) is 2.93. The van der Waals surface area contributed by atoms with E-state index in [4.69, 9.17) is 0 Å². The van der Waals surface area contributed by atoms with E-state index >= 15 is 0 Å². The van der Waals surface area contributed by atoms with Crippen molar-refractivity contribution >= 4 is 22.9 Å². The summed E-state index contributed by atoms with van der Waals surface area (Å²) in [5.74, 6) is -0.830. The number of carbonyl (C=O) groups is 2. The standard InChI is InChI=1S/C16H16O2S/c1-2-3-9-13-10-11-14(19-13)16(18)15(17)12-7-5-4-6-8-12/h4-8,10-11H,2-3,9H2,1H3. The minimum atomic E-state index is -0.426. The fourth-order valence-electron chi connectivity index (χ4n) is 1.82. The molecule has 0 bridgehead atoms. The molecule has 0 saturated carbocycles. The topological polar surface area (TPSA) is 34.1 Å². The van der Waals surface area contributed by atoms with Crippen LogP contribution in [0.3, 0.4) is 0 Å². The normalized spacial score (nSPS) is 10.4. The molecule has 3 heteroatoms. The summed E-state index contributed by atoms with van der Waals surface area (Å²) in [5.41, 5.74) is 0.455. The lowest BCUT2D eigenvalue weighted by Gasteiger charge is -1.97. The first-order chi connectivity index (χ1) is 9.22. The molecule has 0 spiro atoms. The predicted octanol–water partition coefficient (Wildman–Crippen LogP) is 4.16. The zero-order valence-electron chi connectivity index (χ0n) is 10.9. The van der Waals surface area contributed by atoms with E-state index in [0.717, 1.165) is 19.3 Å². The van der Waals surface area contributed by atoms with E-state index < -0.39 is 11.6 Å². The molecule has 0 unspecified atom stereocenters. The lowest BCUT2D eigenvalue weighted by atomic mass is 10.1. The van der Waals surface area contributed by atoms with Gasteiger partial charge in [0.05, 0.1) is 4.88 Å². The Morgan fingerprint density at radius 2 is 1.74 bits per heavy atom. The molecule has 1 heterocycles. The van der Waals surface area contributed by atoms with Crippen LogP contribution in [-0.4, -0.2) is 11.6 Å². The van der Waals surface area contributed by atoms with Gasteiger partial charge in [0.2, 0.25) is 11.6 Å². The van der Waals surface area contributed by atoms with Crippen molar-refractivity contribution in [1.29, 1.82) is 0 Å². The Kier molecular flexibility index (Phi) is 4.63. The fraction of sp³-hybridized carbons (Fsp3) is 0.250. The molecule has 19 heavy (non-hydrogen) atoms. The van der Waals surface area contributed by atoms with Crippen LogP contribution in [-0.2, 0) is 6.42 Å². The molecule has 0 radical (unpaired) electrons. The van der Waals surface area contributed by atoms with E-state index in [1.165, 1.54) is 16.2 Å². The number of thiophene rings is 1. The summed E-state index contributed by atoms with van der Waals surface area (Å²) in [6, 6.07) is 12.4. The highest BCUT2D eigenvalue weighted by Gasteiger charge is 2.19. The van der Waals surface area contributed by atoms with E-state index in [9.17, 15) is 9.59 Å². The van der Waals surface area contributed by atoms with Gasteiger partial charge in [-0.15, -0.1) is 11.3 Å². The number of ketones is 2. The van der Waals surface area contributed by atoms with Crippen LogP contribution in [0.25, 0.3) is 0 Å². The molecule has 0 saturated heterocycles. The van der Waals surface area contributed by atoms with E-state index in [2.05, 4.69) is 6.92 Å². The second-order valence-corrected chi connectivity index (χ2v) is 5.56. The van der Waals surface area contributed by atoms with Crippen molar-refractivity contribution in [3.05, 3.63) is 57.8 Å². The Morgan fingerprint density at radius 1 is 1.00 bits per heavy atom. The maximum atomic E-state index is 12.1. The quantitative estimate of drug-likeness (QED) is 0.584. The highest BCUT2D eigenvalue weighted by molar-refractivity contribution is 7.15. The van der Waals surface area contributed by atoms with Crippen molar-refractivity contribution in [1.82, 2.24) is 0 Å². The lowest BCUT2D eigenvalue weighted by Crippen LogP contribution is -2.12. The van der Waals surface area contributed by atoms with Gasteiger partial charge in [0, 0.05) is 10.4 Å². The third-order valence-corrected chi connectivity index (χ3v) is 4.05. The van der Waals surface area contributed by atoms with Gasteiger partial charge in [-0.3, -0.25) is 9.59 Å². The first-order valence-corrected chi connectivity index (χ1v) is 7.27. The van der Waals surface area contributed by atoms with Crippen LogP contribution < -0.4 is 0 Å². The van der Waals surface area contributed by atoms with Crippen LogP contribution in [0.1, 0.15) is 44.7 Å². The second kappa shape index (κ2) is 6.43. The number of benzene rings is 1. The number of Topliss-reactive ketones (excluding diaryl/α,β-unsaturated/α-hetero) is 2. The van der Waals surface area contributed by atoms with Gasteiger partial charge in [-0.05, 0) is 25.0 Å². The lowest BCUT2D eigenvalue weighted by molar-refractivity contribution is 0.0819. The molecule has 0 amide bonds. The van der Waals surface area contributed by atoms with Gasteiger partial charge in [0.25, 0.3) is 0 Å². The third kappa shape index (κ3) is 3.38. The van der Waals surface area contributed by atoms with Crippen LogP contribution in [0.4, 0.5) is 0 Å². The number of rotatable bonds is 6. The number of unbranched alkanes of at least 4 members (excludes halogenated alkanes) is 1. The van der Waals surface area contributed by atoms with Crippen molar-refractivity contribution in [3.8, 4) is 0 Å². The Bertz CT molecular complexity index is 569. The fourth-order valence-corrected chi connectivity index (χ4v) is 2.80. The molecular formula is C16H16O2S. The summed E-state index contributed by atoms with van der Waals surface area (Å²) in [6.07, 6.45) is 3.22. The largest absolute Gasteiger partial charge is 0.285 e. The van der Waals surface area contributed by atoms with Gasteiger partial charge >= 0.3 is 0 Å². The summed E-state index contributed by atoms with van der Waals surface area (Å²) in [7, 11) is 0. The predicted molar refractivity (Wildman–Crippen MR) is 78.0 cm³/mol. The molecule has 2 nitrogen and oxygen atoms in total. The number of aryl methyl sites for hydroxylation is 1. The first kappa shape index (κ1) is 13.7. The highest BCUT2D eigenvalue weighted by atomic mass is 32.1. The highest BCUT2D eigenvalue weighted by Crippen LogP contribution is 2.20. The van der Waals surface area contributed by atoms with Gasteiger partial charge in [-0.2, -0.15) is 0 Å². The van der Waals surface area contributed by atoms with Crippen LogP contribution in [0.15, 0.2) is 42.5 Å². The van der Waals surface area contributed by atoms with Crippen molar-refractivity contribution < 1.29 is 9.59 Å². The van der Waals surface area contributed by atoms with Crippen molar-refractivity contribution in [2.45, 2.75) is 26.2 Å². The molecular weight excluding hydrogens is 256 g/mol. The second-order valence-electron chi connectivity index (χ2n) is 4.39. The summed E-state index contributed by atoms with van der Waals surface area (Å²) >= 11 is 1.43. The van der Waals surface area contributed by atoms with Crippen molar-refractivity contribution in [3.63, 3.8) is 0 Å². The maximum Gasteiger partial charge on any atom is 0.243 e. The van der Waals surface area contributed by atoms with Crippen LogP contribution in [0.2, 0.25) is 0 Å². The Labute approximate surface area is 117 Å². The molecule has 2 rings (SSSR count). The number of carbonyl (C=O) groups excluding carboxylic acids is 2. The Balaban J connectivity index is 2.11. The SMILES string of the molecule is CCCCc1ccc(C(=O)C(=O)c2ccccc2)s1. The molecule has 0 N–H and O–H groups in total. The van der Waals surface area contributed by atoms with Crippen molar-refractivity contribution in [2.75, 3.05) is 0 Å². The van der Waals surface area contributed by atoms with Crippen molar-refractivity contribution in [2.24, 2.45) is 0 Å². The molecule has 0 aliphatic carbocycles. The zero-order chi connectivity index (χ0) is 13.7. The van der Waals surface area contributed by atoms with Crippen LogP contribution in [0.5, 0.6) is 0 Å². The monoisotopic (exact) mass is 272 g/mol. The minimum absolute atomic E-state index is 0.404. The van der Waals surface area contributed by atoms with Gasteiger partial charge in [0.15, 0.2) is 0 Å². The van der Waals surface area contributed by atoms with E-state index in [1.807, 2.05) is 12.1 Å². The van der Waals surface area contributed by atoms with Gasteiger partial charge < -0.3 is 0 Å². The maximum absolute atomic E-state index is 12.1. The molecule has 0 atom stereocenters. The number of hydrogen-bond acceptors (Lipinski definition) is 3. The molecule has 0 aliphatic rings. The Hall–Kier alpha value is -1.74. The molecule has 98 valence electrons. The minimum Gasteiger partial charge on any atom is -0.285 e. The molecule has 2 aromatic rings. The summed E-state index contributed by atoms with van der Waals surface area (Å²) in [6.45, 7) is 2.14. The van der Waals surface area contributed by atoms with Crippen LogP contribution in [0, 0.1) is 0 Å². The van der Waals surface area contributed by atoms with E-state index in [0.29, 0.717) is 10.4 Å². The summed E-state index contributed by atoms with van der Waals surface area (Å²) in [4.78, 5) is 25.8. The summed E-state index contributed by atoms with van der Waals surface area (Å²) < 4.78 is 0. The molecule has 0 fully saturated rings. The van der Waals surface area contributed by atoms with E-state index in [1.54, 1.807) is 30.3 Å². The van der Waals surface area contributed by atoms with Gasteiger partial charge in [0.1, 0.15) is 0 Å². The average molecular weight is 272 g/mol. The molecule has 1 aromatic heterocycles. The Morgan fingerprint density at radius 3 is 2.42 bits per heavy atom. The molecule has 0 aliphatic heterocycles. The zero-order valence-corrected chi connectivity index (χ0v) is 11.7. The number of hydrogen-bond donors (Lipinski definition) is 0. The van der Waals surface area contributed by atoms with Gasteiger partial charge in [-0.1, -0.05) is 43.7 Å². The van der Waals surface area contributed by atoms with E-state index in [-0.39, 0.29) is 0 Å². The third-order valence-electron chi connectivity index (χ3n) is 2.90. The molecule has 1 aromatic carbocycles. The van der Waals surface area contributed by atoms with Crippen LogP contribution >= 0.6 is 11.3 Å². The first-order valence-electron chi connectivity index (χ1n) is 6.45. The van der Waals surface area contributed by atoms with Gasteiger partial charge in [-0.25, -0.2) is 0 Å². The smallest absolute Gasteiger partial charge is 0.243 e. The summed E-state index contributed by atoms with van der Waals surface area (Å²) in [5, 5.41) is 0.